The number of Topliss-reactive ketones (excluding diaryl/α,β-unsaturated/α-hetero) is 1. The van der Waals surface area contributed by atoms with Gasteiger partial charge in [0.2, 0.25) is 0 Å². The standard InChI is InChI=1S/C11H13BO4.C7H7BO3.CH3F/c1-2-9(13)7-15-10-4-3-8-6-16-12(14)11(8)5-10;9-6-2-1-5-4-11-8(10)7(5)3-6;1-2/h3-5,14H,2,6-7H2,1H3;1-3,9-10H,4H2;1H3/i;;1D. The van der Waals surface area contributed by atoms with Gasteiger partial charge in [-0.2, -0.15) is 0 Å². The summed E-state index contributed by atoms with van der Waals surface area (Å²) < 4.78 is 30.8. The van der Waals surface area contributed by atoms with Gasteiger partial charge < -0.3 is 29.2 Å². The van der Waals surface area contributed by atoms with Crippen LogP contribution in [0.15, 0.2) is 36.4 Å². The lowest BCUT2D eigenvalue weighted by molar-refractivity contribution is -0.120. The van der Waals surface area contributed by atoms with E-state index in [0.29, 0.717) is 30.8 Å². The molecule has 2 heterocycles. The number of hydrogen-bond acceptors (Lipinski definition) is 7. The van der Waals surface area contributed by atoms with Crippen molar-refractivity contribution in [3.8, 4) is 11.5 Å². The fourth-order valence-corrected chi connectivity index (χ4v) is 2.75. The van der Waals surface area contributed by atoms with Gasteiger partial charge in [0.15, 0.2) is 5.78 Å². The number of hydrogen-bond donors (Lipinski definition) is 3. The summed E-state index contributed by atoms with van der Waals surface area (Å²) in [4.78, 5) is 11.1. The van der Waals surface area contributed by atoms with Gasteiger partial charge in [-0.3, -0.25) is 9.18 Å². The fraction of sp³-hybridized carbons (Fsp3) is 0.316. The maximum absolute atomic E-state index is 11.1. The first-order valence-electron chi connectivity index (χ1n) is 9.63. The van der Waals surface area contributed by atoms with E-state index in [9.17, 15) is 19.2 Å². The molecule has 2 aliphatic rings. The monoisotopic (exact) mass is 405 g/mol. The van der Waals surface area contributed by atoms with Gasteiger partial charge in [0, 0.05) is 6.42 Å². The summed E-state index contributed by atoms with van der Waals surface area (Å²) in [5.41, 5.74) is 3.29. The SMILES string of the molecule is CCC(=O)COc1ccc2c(c1)B(O)OC2.OB1OCc2ccc(O)cc21.[2H]CF. The van der Waals surface area contributed by atoms with Gasteiger partial charge >= 0.3 is 14.2 Å². The Morgan fingerprint density at radius 1 is 1.14 bits per heavy atom. The Hall–Kier alpha value is -2.39. The molecule has 0 fully saturated rings. The minimum absolute atomic E-state index is 0.0531. The Balaban J connectivity index is 0.000000198. The molecule has 0 aromatic heterocycles. The third kappa shape index (κ3) is 6.04. The number of carbonyl (C=O) groups is 1. The number of aromatic hydroxyl groups is 1. The van der Waals surface area contributed by atoms with Crippen LogP contribution in [0, 0.1) is 0 Å². The van der Waals surface area contributed by atoms with Crippen molar-refractivity contribution in [1.82, 2.24) is 0 Å². The molecule has 0 atom stereocenters. The third-order valence-electron chi connectivity index (χ3n) is 4.37. The zero-order chi connectivity index (χ0) is 22.1. The zero-order valence-corrected chi connectivity index (χ0v) is 16.0. The fourth-order valence-electron chi connectivity index (χ4n) is 2.75. The van der Waals surface area contributed by atoms with Crippen molar-refractivity contribution in [2.45, 2.75) is 26.6 Å². The molecule has 29 heavy (non-hydrogen) atoms. The highest BCUT2D eigenvalue weighted by molar-refractivity contribution is 6.62. The summed E-state index contributed by atoms with van der Waals surface area (Å²) in [6.45, 7) is 2.72. The number of phenolic OH excluding ortho intramolecular Hbond substituents is 1. The molecular weight excluding hydrogens is 381 g/mol. The van der Waals surface area contributed by atoms with E-state index in [1.54, 1.807) is 31.2 Å². The lowest BCUT2D eigenvalue weighted by atomic mass is 9.79. The van der Waals surface area contributed by atoms with E-state index in [1.165, 1.54) is 6.07 Å². The van der Waals surface area contributed by atoms with Crippen molar-refractivity contribution < 1.29 is 39.8 Å². The first kappa shape index (κ1) is 21.3. The van der Waals surface area contributed by atoms with Crippen LogP contribution in [0.2, 0.25) is 0 Å². The van der Waals surface area contributed by atoms with Crippen molar-refractivity contribution in [2.75, 3.05) is 13.8 Å². The molecule has 2 aromatic carbocycles. The average Bonchev–Trinajstić information content (AvgIpc) is 3.30. The van der Waals surface area contributed by atoms with Crippen molar-refractivity contribution in [1.29, 1.82) is 0 Å². The Morgan fingerprint density at radius 2 is 1.69 bits per heavy atom. The number of carbonyl (C=O) groups excluding carboxylic acids is 1. The zero-order valence-electron chi connectivity index (χ0n) is 17.0. The number of rotatable bonds is 4. The predicted octanol–water partition coefficient (Wildman–Crippen LogP) is 0.458. The minimum Gasteiger partial charge on any atom is -0.508 e. The van der Waals surface area contributed by atoms with Crippen LogP contribution in [0.4, 0.5) is 4.39 Å². The Morgan fingerprint density at radius 3 is 2.28 bits per heavy atom. The number of ketones is 1. The quantitative estimate of drug-likeness (QED) is 0.635. The molecule has 2 aliphatic heterocycles. The van der Waals surface area contributed by atoms with Crippen molar-refractivity contribution in [2.24, 2.45) is 0 Å². The highest BCUT2D eigenvalue weighted by Gasteiger charge is 2.28. The molecule has 0 saturated heterocycles. The number of halogens is 1. The van der Waals surface area contributed by atoms with Crippen LogP contribution in [0.5, 0.6) is 11.5 Å². The highest BCUT2D eigenvalue weighted by Crippen LogP contribution is 2.16. The normalized spacial score (nSPS) is 14.0. The lowest BCUT2D eigenvalue weighted by Crippen LogP contribution is -2.28. The van der Waals surface area contributed by atoms with Gasteiger partial charge in [0.1, 0.15) is 18.1 Å². The molecule has 0 bridgehead atoms. The predicted molar refractivity (Wildman–Crippen MR) is 107 cm³/mol. The number of benzene rings is 2. The smallest absolute Gasteiger partial charge is 0.491 e. The molecule has 0 saturated carbocycles. The van der Waals surface area contributed by atoms with Crippen LogP contribution in [0.25, 0.3) is 0 Å². The molecule has 7 nitrogen and oxygen atoms in total. The summed E-state index contributed by atoms with van der Waals surface area (Å²) in [5, 5.41) is 27.7. The first-order chi connectivity index (χ1) is 14.4. The van der Waals surface area contributed by atoms with Gasteiger partial charge in [-0.15, -0.1) is 0 Å². The van der Waals surface area contributed by atoms with Crippen LogP contribution in [0.3, 0.4) is 0 Å². The van der Waals surface area contributed by atoms with E-state index in [2.05, 4.69) is 0 Å². The molecule has 2 aromatic rings. The average molecular weight is 405 g/mol. The molecule has 4 rings (SSSR count). The largest absolute Gasteiger partial charge is 0.508 e. The summed E-state index contributed by atoms with van der Waals surface area (Å²) in [5.74, 6) is 0.802. The third-order valence-corrected chi connectivity index (χ3v) is 4.37. The maximum atomic E-state index is 11.1. The first-order valence-corrected chi connectivity index (χ1v) is 8.93. The van der Waals surface area contributed by atoms with Crippen LogP contribution in [-0.4, -0.2) is 48.9 Å². The van der Waals surface area contributed by atoms with Crippen LogP contribution < -0.4 is 15.7 Å². The van der Waals surface area contributed by atoms with Crippen molar-refractivity contribution in [3.05, 3.63) is 47.5 Å². The number of alkyl halides is 1. The molecule has 0 radical (unpaired) electrons. The maximum Gasteiger partial charge on any atom is 0.491 e. The molecule has 0 aliphatic carbocycles. The summed E-state index contributed by atoms with van der Waals surface area (Å²) in [6.07, 6.45) is 0.469. The number of phenols is 1. The van der Waals surface area contributed by atoms with Crippen LogP contribution >= 0.6 is 0 Å². The minimum atomic E-state index is -1.00. The lowest BCUT2D eigenvalue weighted by Gasteiger charge is -2.06. The van der Waals surface area contributed by atoms with E-state index in [-0.39, 0.29) is 18.1 Å². The number of fused-ring (bicyclic) bond motifs is 2. The van der Waals surface area contributed by atoms with E-state index >= 15 is 0 Å². The van der Waals surface area contributed by atoms with Gasteiger partial charge in [0.05, 0.1) is 21.7 Å². The van der Waals surface area contributed by atoms with Gasteiger partial charge in [-0.1, -0.05) is 19.1 Å². The van der Waals surface area contributed by atoms with E-state index in [0.717, 1.165) is 16.6 Å². The van der Waals surface area contributed by atoms with E-state index in [4.69, 9.17) is 20.5 Å². The summed E-state index contributed by atoms with van der Waals surface area (Å²) >= 11 is 0. The molecule has 0 amide bonds. The molecule has 0 spiro atoms. The van der Waals surface area contributed by atoms with E-state index < -0.39 is 21.4 Å². The van der Waals surface area contributed by atoms with Crippen molar-refractivity contribution >= 4 is 30.9 Å². The van der Waals surface area contributed by atoms with Gasteiger partial charge in [-0.05, 0) is 46.3 Å². The molecular formula is C19H23B2FO7. The molecule has 0 unspecified atom stereocenters. The van der Waals surface area contributed by atoms with Gasteiger partial charge in [-0.25, -0.2) is 0 Å². The Kier molecular flexibility index (Phi) is 8.06. The highest BCUT2D eigenvalue weighted by atomic mass is 19.1. The molecule has 154 valence electrons. The Labute approximate surface area is 170 Å². The van der Waals surface area contributed by atoms with Crippen molar-refractivity contribution in [3.63, 3.8) is 0 Å². The molecule has 3 N–H and O–H groups in total. The second-order valence-corrected chi connectivity index (χ2v) is 6.25. The van der Waals surface area contributed by atoms with E-state index in [1.807, 2.05) is 6.07 Å². The van der Waals surface area contributed by atoms with Crippen LogP contribution in [-0.2, 0) is 27.3 Å². The molecule has 10 heteroatoms. The topological polar surface area (TPSA) is 105 Å². The summed E-state index contributed by atoms with van der Waals surface area (Å²) in [6, 6.07) is 10.2. The summed E-state index contributed by atoms with van der Waals surface area (Å²) in [7, 11) is -2.74. The number of ether oxygens (including phenoxy) is 1. The second-order valence-electron chi connectivity index (χ2n) is 6.25. The van der Waals surface area contributed by atoms with Crippen LogP contribution in [0.1, 0.15) is 25.8 Å². The Bertz CT molecular complexity index is 856. The second kappa shape index (κ2) is 11.0. The van der Waals surface area contributed by atoms with Gasteiger partial charge in [0.25, 0.3) is 0 Å².